The molecule has 0 spiro atoms. The number of aromatic nitrogens is 3. The molecule has 2 aromatic heterocycles. The molecule has 1 fully saturated rings. The number of hydrogen-bond acceptors (Lipinski definition) is 4. The summed E-state index contributed by atoms with van der Waals surface area (Å²) >= 11 is 0. The number of nitrogens with one attached hydrogen (secondary N) is 1. The minimum Gasteiger partial charge on any atom is -0.395 e. The minimum atomic E-state index is -0.114. The molecule has 0 radical (unpaired) electrons. The molecule has 1 aliphatic carbocycles. The summed E-state index contributed by atoms with van der Waals surface area (Å²) in [5.41, 5.74) is 2.44. The summed E-state index contributed by atoms with van der Waals surface area (Å²) in [6, 6.07) is 13.7. The molecule has 6 nitrogen and oxygen atoms in total. The van der Waals surface area contributed by atoms with Crippen LogP contribution in [0.4, 0.5) is 0 Å². The Kier molecular flexibility index (Phi) is 4.38. The van der Waals surface area contributed by atoms with Gasteiger partial charge in [-0.3, -0.25) is 14.8 Å². The highest BCUT2D eigenvalue weighted by atomic mass is 16.3. The predicted molar refractivity (Wildman–Crippen MR) is 95.1 cm³/mol. The zero-order valence-electron chi connectivity index (χ0n) is 14.0. The van der Waals surface area contributed by atoms with Gasteiger partial charge >= 0.3 is 0 Å². The maximum absolute atomic E-state index is 12.2. The van der Waals surface area contributed by atoms with E-state index in [0.29, 0.717) is 18.1 Å². The van der Waals surface area contributed by atoms with Crippen molar-refractivity contribution < 1.29 is 5.11 Å². The van der Waals surface area contributed by atoms with Crippen LogP contribution in [-0.4, -0.2) is 37.3 Å². The standard InChI is InChI=1S/C19H22N4O2/c24-13-17(15-6-7-15)22(11-14-4-2-1-3-5-14)12-16-10-19(25)23-18(21-16)8-9-20-23/h1-5,8-10,15,17,20,24H,6-7,11-13H2. The second-order valence-corrected chi connectivity index (χ2v) is 6.72. The van der Waals surface area contributed by atoms with Crippen molar-refractivity contribution in [2.45, 2.75) is 32.0 Å². The van der Waals surface area contributed by atoms with Crippen LogP contribution in [0.5, 0.6) is 0 Å². The van der Waals surface area contributed by atoms with Crippen LogP contribution in [0.25, 0.3) is 5.65 Å². The average Bonchev–Trinajstić information content (AvgIpc) is 3.32. The van der Waals surface area contributed by atoms with Crippen LogP contribution in [0, 0.1) is 5.92 Å². The molecule has 1 aliphatic rings. The molecule has 1 saturated carbocycles. The van der Waals surface area contributed by atoms with Gasteiger partial charge < -0.3 is 5.11 Å². The summed E-state index contributed by atoms with van der Waals surface area (Å²) in [6.45, 7) is 1.41. The van der Waals surface area contributed by atoms with Crippen LogP contribution in [0.3, 0.4) is 0 Å². The number of fused-ring (bicyclic) bond motifs is 1. The number of benzene rings is 1. The third-order valence-electron chi connectivity index (χ3n) is 4.85. The third kappa shape index (κ3) is 3.50. The van der Waals surface area contributed by atoms with Gasteiger partial charge in [-0.1, -0.05) is 30.3 Å². The lowest BCUT2D eigenvalue weighted by molar-refractivity contribution is 0.0934. The Morgan fingerprint density at radius 3 is 2.76 bits per heavy atom. The zero-order chi connectivity index (χ0) is 17.2. The van der Waals surface area contributed by atoms with Gasteiger partial charge in [-0.2, -0.15) is 0 Å². The summed E-state index contributed by atoms with van der Waals surface area (Å²) in [5, 5.41) is 12.8. The predicted octanol–water partition coefficient (Wildman–Crippen LogP) is 1.80. The van der Waals surface area contributed by atoms with Gasteiger partial charge in [0.25, 0.3) is 5.56 Å². The van der Waals surface area contributed by atoms with Gasteiger partial charge in [0.15, 0.2) is 5.65 Å². The summed E-state index contributed by atoms with van der Waals surface area (Å²) in [7, 11) is 0. The summed E-state index contributed by atoms with van der Waals surface area (Å²) in [6.07, 6.45) is 4.02. The van der Waals surface area contributed by atoms with Crippen molar-refractivity contribution in [3.8, 4) is 0 Å². The molecule has 0 saturated heterocycles. The minimum absolute atomic E-state index is 0.103. The van der Waals surface area contributed by atoms with E-state index in [4.69, 9.17) is 0 Å². The first-order chi connectivity index (χ1) is 12.2. The Morgan fingerprint density at radius 1 is 1.24 bits per heavy atom. The molecule has 0 amide bonds. The fourth-order valence-electron chi connectivity index (χ4n) is 3.42. The largest absolute Gasteiger partial charge is 0.395 e. The van der Waals surface area contributed by atoms with E-state index in [1.54, 1.807) is 18.3 Å². The topological polar surface area (TPSA) is 73.6 Å². The van der Waals surface area contributed by atoms with Gasteiger partial charge in [-0.15, -0.1) is 0 Å². The first-order valence-electron chi connectivity index (χ1n) is 8.69. The second kappa shape index (κ2) is 6.82. The fourth-order valence-corrected chi connectivity index (χ4v) is 3.42. The molecule has 2 N–H and O–H groups in total. The molecule has 1 atom stereocenters. The Labute approximate surface area is 145 Å². The number of aliphatic hydroxyl groups is 1. The van der Waals surface area contributed by atoms with Crippen molar-refractivity contribution in [2.75, 3.05) is 6.61 Å². The van der Waals surface area contributed by atoms with E-state index >= 15 is 0 Å². The number of aliphatic hydroxyl groups excluding tert-OH is 1. The van der Waals surface area contributed by atoms with E-state index in [0.717, 1.165) is 25.1 Å². The lowest BCUT2D eigenvalue weighted by atomic mass is 10.1. The van der Waals surface area contributed by atoms with Gasteiger partial charge in [0.2, 0.25) is 0 Å². The highest BCUT2D eigenvalue weighted by Gasteiger charge is 2.35. The van der Waals surface area contributed by atoms with Crippen LogP contribution in [0.15, 0.2) is 53.5 Å². The first kappa shape index (κ1) is 16.1. The van der Waals surface area contributed by atoms with E-state index in [2.05, 4.69) is 27.1 Å². The molecule has 6 heteroatoms. The van der Waals surface area contributed by atoms with E-state index in [1.165, 1.54) is 10.1 Å². The Hall–Kier alpha value is -2.44. The monoisotopic (exact) mass is 338 g/mol. The highest BCUT2D eigenvalue weighted by molar-refractivity contribution is 5.36. The van der Waals surface area contributed by atoms with Crippen molar-refractivity contribution in [3.63, 3.8) is 0 Å². The number of H-pyrrole nitrogens is 1. The van der Waals surface area contributed by atoms with Crippen LogP contribution in [0.2, 0.25) is 0 Å². The SMILES string of the molecule is O=c1cc(CN(Cc2ccccc2)C(CO)C2CC2)nc2cc[nH]n12. The van der Waals surface area contributed by atoms with Crippen LogP contribution in [0.1, 0.15) is 24.1 Å². The maximum Gasteiger partial charge on any atom is 0.272 e. The smallest absolute Gasteiger partial charge is 0.272 e. The van der Waals surface area contributed by atoms with Crippen LogP contribution >= 0.6 is 0 Å². The first-order valence-corrected chi connectivity index (χ1v) is 8.69. The second-order valence-electron chi connectivity index (χ2n) is 6.72. The molecule has 2 heterocycles. The van der Waals surface area contributed by atoms with Gasteiger partial charge in [0.1, 0.15) is 0 Å². The molecule has 0 aliphatic heterocycles. The number of aromatic amines is 1. The Bertz CT molecular complexity index is 898. The van der Waals surface area contributed by atoms with Crippen molar-refractivity contribution in [1.82, 2.24) is 19.5 Å². The maximum atomic E-state index is 12.2. The van der Waals surface area contributed by atoms with Crippen molar-refractivity contribution >= 4 is 5.65 Å². The molecular weight excluding hydrogens is 316 g/mol. The van der Waals surface area contributed by atoms with E-state index in [-0.39, 0.29) is 18.2 Å². The lowest BCUT2D eigenvalue weighted by Crippen LogP contribution is -2.39. The van der Waals surface area contributed by atoms with Crippen molar-refractivity contribution in [1.29, 1.82) is 0 Å². The number of hydrogen-bond donors (Lipinski definition) is 2. The van der Waals surface area contributed by atoms with E-state index in [9.17, 15) is 9.90 Å². The van der Waals surface area contributed by atoms with Crippen LogP contribution < -0.4 is 5.56 Å². The van der Waals surface area contributed by atoms with Gasteiger partial charge in [-0.25, -0.2) is 9.50 Å². The summed E-state index contributed by atoms with van der Waals surface area (Å²) in [5.74, 6) is 0.533. The number of rotatable bonds is 7. The third-order valence-corrected chi connectivity index (χ3v) is 4.85. The average molecular weight is 338 g/mol. The summed E-state index contributed by atoms with van der Waals surface area (Å²) < 4.78 is 1.43. The van der Waals surface area contributed by atoms with Gasteiger partial charge in [-0.05, 0) is 24.3 Å². The Balaban J connectivity index is 1.63. The van der Waals surface area contributed by atoms with E-state index in [1.807, 2.05) is 18.2 Å². The Morgan fingerprint density at radius 2 is 2.04 bits per heavy atom. The van der Waals surface area contributed by atoms with Gasteiger partial charge in [0, 0.05) is 37.5 Å². The normalized spacial score (nSPS) is 15.8. The molecule has 1 unspecified atom stereocenters. The molecular formula is C19H22N4O2. The lowest BCUT2D eigenvalue weighted by Gasteiger charge is -2.30. The molecule has 25 heavy (non-hydrogen) atoms. The van der Waals surface area contributed by atoms with Gasteiger partial charge in [0.05, 0.1) is 12.3 Å². The number of nitrogens with zero attached hydrogens (tertiary/aromatic N) is 3. The van der Waals surface area contributed by atoms with Crippen molar-refractivity contribution in [2.24, 2.45) is 5.92 Å². The molecule has 1 aromatic carbocycles. The van der Waals surface area contributed by atoms with E-state index < -0.39 is 0 Å². The highest BCUT2D eigenvalue weighted by Crippen LogP contribution is 2.36. The quantitative estimate of drug-likeness (QED) is 0.689. The van der Waals surface area contributed by atoms with Crippen molar-refractivity contribution in [3.05, 3.63) is 70.3 Å². The fraction of sp³-hybridized carbons (Fsp3) is 0.368. The molecule has 4 rings (SSSR count). The molecule has 130 valence electrons. The zero-order valence-corrected chi connectivity index (χ0v) is 14.0. The van der Waals surface area contributed by atoms with Crippen LogP contribution in [-0.2, 0) is 13.1 Å². The molecule has 0 bridgehead atoms. The summed E-state index contributed by atoms with van der Waals surface area (Å²) in [4.78, 5) is 19.0. The molecule has 3 aromatic rings.